The fourth-order valence-corrected chi connectivity index (χ4v) is 0.903. The predicted molar refractivity (Wildman–Crippen MR) is 42.8 cm³/mol. The Morgan fingerprint density at radius 3 is 2.92 bits per heavy atom. The molecule has 1 rings (SSSR count). The molecule has 70 valence electrons. The Labute approximate surface area is 74.1 Å². The number of hydrogen-bond donors (Lipinski definition) is 2. The fourth-order valence-electron chi connectivity index (χ4n) is 0.903. The molecule has 0 aliphatic rings. The summed E-state index contributed by atoms with van der Waals surface area (Å²) < 4.78 is 4.44. The lowest BCUT2D eigenvalue weighted by molar-refractivity contribution is -0.117. The van der Waals surface area contributed by atoms with Gasteiger partial charge in [0, 0.05) is 0 Å². The maximum atomic E-state index is 11.0. The number of aromatic amines is 1. The highest BCUT2D eigenvalue weighted by atomic mass is 16.5. The summed E-state index contributed by atoms with van der Waals surface area (Å²) in [5.41, 5.74) is 5.43. The molecule has 0 saturated carbocycles. The molecule has 3 N–H and O–H groups in total. The van der Waals surface area contributed by atoms with Gasteiger partial charge in [-0.2, -0.15) is 0 Å². The molecule has 1 aromatic rings. The first-order chi connectivity index (χ1) is 6.15. The second-order valence-electron chi connectivity index (χ2n) is 2.36. The lowest BCUT2D eigenvalue weighted by Crippen LogP contribution is -2.16. The quantitative estimate of drug-likeness (QED) is 0.601. The van der Waals surface area contributed by atoms with Crippen molar-refractivity contribution in [1.82, 2.24) is 9.97 Å². The maximum Gasteiger partial charge on any atom is 0.358 e. The van der Waals surface area contributed by atoms with Crippen LogP contribution in [-0.4, -0.2) is 29.0 Å². The number of methoxy groups -OCH3 is 1. The summed E-state index contributed by atoms with van der Waals surface area (Å²) in [7, 11) is 1.24. The Morgan fingerprint density at radius 2 is 2.38 bits per heavy atom. The summed E-state index contributed by atoms with van der Waals surface area (Å²) in [6.07, 6.45) is 1.26. The number of amides is 1. The molecule has 0 spiro atoms. The van der Waals surface area contributed by atoms with Gasteiger partial charge in [-0.3, -0.25) is 4.79 Å². The molecule has 0 aliphatic carbocycles. The van der Waals surface area contributed by atoms with Crippen LogP contribution in [-0.2, 0) is 16.0 Å². The molecule has 0 unspecified atom stereocenters. The molecule has 13 heavy (non-hydrogen) atoms. The van der Waals surface area contributed by atoms with Gasteiger partial charge in [0.15, 0.2) is 5.69 Å². The lowest BCUT2D eigenvalue weighted by atomic mass is 10.2. The second kappa shape index (κ2) is 3.70. The van der Waals surface area contributed by atoms with Crippen LogP contribution in [0, 0.1) is 0 Å². The molecule has 0 aliphatic heterocycles. The minimum Gasteiger partial charge on any atom is -0.464 e. The second-order valence-corrected chi connectivity index (χ2v) is 2.36. The van der Waals surface area contributed by atoms with Crippen LogP contribution in [0.4, 0.5) is 0 Å². The van der Waals surface area contributed by atoms with Gasteiger partial charge in [0.2, 0.25) is 5.91 Å². The Morgan fingerprint density at radius 1 is 1.69 bits per heavy atom. The molecule has 1 heterocycles. The van der Waals surface area contributed by atoms with Gasteiger partial charge in [-0.05, 0) is 0 Å². The van der Waals surface area contributed by atoms with Crippen molar-refractivity contribution >= 4 is 11.9 Å². The van der Waals surface area contributed by atoms with Crippen LogP contribution < -0.4 is 5.73 Å². The predicted octanol–water partition coefficient (Wildman–Crippen LogP) is -0.776. The van der Waals surface area contributed by atoms with Crippen molar-refractivity contribution in [2.75, 3.05) is 7.11 Å². The number of esters is 1. The van der Waals surface area contributed by atoms with Gasteiger partial charge < -0.3 is 15.5 Å². The zero-order chi connectivity index (χ0) is 9.84. The van der Waals surface area contributed by atoms with Gasteiger partial charge in [-0.15, -0.1) is 0 Å². The fraction of sp³-hybridized carbons (Fsp3) is 0.286. The largest absolute Gasteiger partial charge is 0.464 e. The molecule has 0 bridgehead atoms. The first kappa shape index (κ1) is 9.24. The number of aromatic nitrogens is 2. The van der Waals surface area contributed by atoms with E-state index in [0.29, 0.717) is 5.69 Å². The number of ether oxygens (including phenoxy) is 1. The van der Waals surface area contributed by atoms with Gasteiger partial charge in [-0.1, -0.05) is 0 Å². The molecule has 6 nitrogen and oxygen atoms in total. The van der Waals surface area contributed by atoms with E-state index >= 15 is 0 Å². The Hall–Kier alpha value is -1.85. The average Bonchev–Trinajstić information content (AvgIpc) is 2.50. The normalized spacial score (nSPS) is 9.62. The maximum absolute atomic E-state index is 11.0. The zero-order valence-corrected chi connectivity index (χ0v) is 7.03. The molecular weight excluding hydrogens is 174 g/mol. The monoisotopic (exact) mass is 183 g/mol. The molecule has 0 fully saturated rings. The topological polar surface area (TPSA) is 98.1 Å². The summed E-state index contributed by atoms with van der Waals surface area (Å²) in [6.45, 7) is 0. The number of H-pyrrole nitrogens is 1. The SMILES string of the molecule is COC(=O)c1nc[nH]c1CC(N)=O. The number of imidazole rings is 1. The van der Waals surface area contributed by atoms with Gasteiger partial charge >= 0.3 is 5.97 Å². The van der Waals surface area contributed by atoms with Crippen molar-refractivity contribution in [3.63, 3.8) is 0 Å². The van der Waals surface area contributed by atoms with Crippen LogP contribution in [0.25, 0.3) is 0 Å². The van der Waals surface area contributed by atoms with E-state index in [1.54, 1.807) is 0 Å². The summed E-state index contributed by atoms with van der Waals surface area (Å²) in [4.78, 5) is 27.9. The standard InChI is InChI=1S/C7H9N3O3/c1-13-7(12)6-4(2-5(8)11)9-3-10-6/h3H,2H2,1H3,(H2,8,11)(H,9,10). The molecule has 0 atom stereocenters. The third-order valence-electron chi connectivity index (χ3n) is 1.45. The molecule has 0 saturated heterocycles. The number of nitrogens with one attached hydrogen (secondary N) is 1. The first-order valence-corrected chi connectivity index (χ1v) is 3.54. The van der Waals surface area contributed by atoms with Crippen LogP contribution in [0.5, 0.6) is 0 Å². The van der Waals surface area contributed by atoms with Crippen molar-refractivity contribution in [3.8, 4) is 0 Å². The van der Waals surface area contributed by atoms with E-state index < -0.39 is 11.9 Å². The van der Waals surface area contributed by atoms with Crippen molar-refractivity contribution in [2.45, 2.75) is 6.42 Å². The number of carbonyl (C=O) groups is 2. The number of rotatable bonds is 3. The van der Waals surface area contributed by atoms with E-state index in [4.69, 9.17) is 5.73 Å². The smallest absolute Gasteiger partial charge is 0.358 e. The van der Waals surface area contributed by atoms with E-state index in [1.807, 2.05) is 0 Å². The lowest BCUT2D eigenvalue weighted by Gasteiger charge is -1.97. The Bertz CT molecular complexity index is 331. The summed E-state index contributed by atoms with van der Waals surface area (Å²) in [6, 6.07) is 0. The van der Waals surface area contributed by atoms with Crippen LogP contribution in [0.3, 0.4) is 0 Å². The minimum atomic E-state index is -0.586. The summed E-state index contributed by atoms with van der Waals surface area (Å²) >= 11 is 0. The summed E-state index contributed by atoms with van der Waals surface area (Å²) in [5.74, 6) is -1.12. The van der Waals surface area contributed by atoms with Gasteiger partial charge in [-0.25, -0.2) is 9.78 Å². The minimum absolute atomic E-state index is 0.0512. The first-order valence-electron chi connectivity index (χ1n) is 3.54. The number of carbonyl (C=O) groups excluding carboxylic acids is 2. The highest BCUT2D eigenvalue weighted by Crippen LogP contribution is 2.04. The van der Waals surface area contributed by atoms with Gasteiger partial charge in [0.25, 0.3) is 0 Å². The van der Waals surface area contributed by atoms with E-state index in [-0.39, 0.29) is 12.1 Å². The Kier molecular flexibility index (Phi) is 2.63. The van der Waals surface area contributed by atoms with E-state index in [2.05, 4.69) is 14.7 Å². The molecule has 0 radical (unpaired) electrons. The van der Waals surface area contributed by atoms with Crippen LogP contribution >= 0.6 is 0 Å². The number of hydrogen-bond acceptors (Lipinski definition) is 4. The van der Waals surface area contributed by atoms with Crippen molar-refractivity contribution in [1.29, 1.82) is 0 Å². The number of primary amides is 1. The van der Waals surface area contributed by atoms with Crippen LogP contribution in [0.2, 0.25) is 0 Å². The molecule has 1 amide bonds. The highest BCUT2D eigenvalue weighted by molar-refractivity contribution is 5.90. The van der Waals surface area contributed by atoms with Crippen LogP contribution in [0.15, 0.2) is 6.33 Å². The summed E-state index contributed by atoms with van der Waals surface area (Å²) in [5, 5.41) is 0. The average molecular weight is 183 g/mol. The van der Waals surface area contributed by atoms with Crippen molar-refractivity contribution in [3.05, 3.63) is 17.7 Å². The molecular formula is C7H9N3O3. The Balaban J connectivity index is 2.89. The third-order valence-corrected chi connectivity index (χ3v) is 1.45. The van der Waals surface area contributed by atoms with E-state index in [1.165, 1.54) is 13.4 Å². The van der Waals surface area contributed by atoms with Gasteiger partial charge in [0.05, 0.1) is 25.6 Å². The molecule has 1 aromatic heterocycles. The van der Waals surface area contributed by atoms with E-state index in [0.717, 1.165) is 0 Å². The van der Waals surface area contributed by atoms with Crippen LogP contribution in [0.1, 0.15) is 16.2 Å². The number of nitrogens with zero attached hydrogens (tertiary/aromatic N) is 1. The van der Waals surface area contributed by atoms with Crippen molar-refractivity contribution in [2.24, 2.45) is 5.73 Å². The molecule has 0 aromatic carbocycles. The third kappa shape index (κ3) is 2.05. The number of nitrogens with two attached hydrogens (primary N) is 1. The highest BCUT2D eigenvalue weighted by Gasteiger charge is 2.15. The van der Waals surface area contributed by atoms with Crippen molar-refractivity contribution < 1.29 is 14.3 Å². The van der Waals surface area contributed by atoms with E-state index in [9.17, 15) is 9.59 Å². The zero-order valence-electron chi connectivity index (χ0n) is 7.03. The molecule has 6 heteroatoms. The van der Waals surface area contributed by atoms with Gasteiger partial charge in [0.1, 0.15) is 0 Å².